The Kier molecular flexibility index (Phi) is 8.58. The van der Waals surface area contributed by atoms with E-state index >= 15 is 0 Å². The van der Waals surface area contributed by atoms with Crippen LogP contribution in [0.3, 0.4) is 0 Å². The molecule has 0 radical (unpaired) electrons. The van der Waals surface area contributed by atoms with Gasteiger partial charge in [-0.25, -0.2) is 10.2 Å². The number of rotatable bonds is 8. The molecule has 1 aromatic rings. The van der Waals surface area contributed by atoms with Crippen molar-refractivity contribution in [3.63, 3.8) is 0 Å². The Hall–Kier alpha value is -2.77. The molecule has 0 aliphatic rings. The lowest BCUT2D eigenvalue weighted by atomic mass is 10.1. The second kappa shape index (κ2) is 10.4. The summed E-state index contributed by atoms with van der Waals surface area (Å²) in [5.41, 5.74) is 3.16. The van der Waals surface area contributed by atoms with Gasteiger partial charge in [0.25, 0.3) is 0 Å². The predicted molar refractivity (Wildman–Crippen MR) is 103 cm³/mol. The number of ether oxygens (including phenoxy) is 3. The van der Waals surface area contributed by atoms with Crippen molar-refractivity contribution in [1.29, 1.82) is 0 Å². The van der Waals surface area contributed by atoms with Gasteiger partial charge in [0.2, 0.25) is 5.91 Å². The Labute approximate surface area is 160 Å². The Morgan fingerprint density at radius 3 is 2.37 bits per heavy atom. The average Bonchev–Trinajstić information content (AvgIpc) is 2.58. The van der Waals surface area contributed by atoms with Gasteiger partial charge in [-0.05, 0) is 51.8 Å². The second-order valence-corrected chi connectivity index (χ2v) is 6.93. The van der Waals surface area contributed by atoms with Crippen LogP contribution in [0.1, 0.15) is 39.7 Å². The predicted octanol–water partition coefficient (Wildman–Crippen LogP) is 2.65. The molecule has 8 heteroatoms. The molecule has 0 bridgehead atoms. The first-order valence-electron chi connectivity index (χ1n) is 8.64. The van der Waals surface area contributed by atoms with E-state index in [1.807, 2.05) is 18.2 Å². The topological polar surface area (TPSA) is 98.2 Å². The molecule has 0 fully saturated rings. The number of hydrazone groups is 1. The minimum absolute atomic E-state index is 0.0851. The lowest BCUT2D eigenvalue weighted by molar-refractivity contribution is -0.119. The molecule has 8 nitrogen and oxygen atoms in total. The van der Waals surface area contributed by atoms with Crippen LogP contribution in [0.25, 0.3) is 0 Å². The van der Waals surface area contributed by atoms with Crippen LogP contribution in [0.5, 0.6) is 11.5 Å². The molecule has 1 rings (SSSR count). The zero-order valence-corrected chi connectivity index (χ0v) is 16.8. The molecule has 27 heavy (non-hydrogen) atoms. The average molecular weight is 379 g/mol. The van der Waals surface area contributed by atoms with Crippen molar-refractivity contribution in [2.45, 2.75) is 46.1 Å². The number of hydrogen-bond donors (Lipinski definition) is 2. The van der Waals surface area contributed by atoms with E-state index in [2.05, 4.69) is 15.8 Å². The molecule has 0 atom stereocenters. The molecule has 0 spiro atoms. The first-order valence-corrected chi connectivity index (χ1v) is 8.64. The van der Waals surface area contributed by atoms with Gasteiger partial charge in [-0.3, -0.25) is 4.79 Å². The molecule has 0 aliphatic heterocycles. The summed E-state index contributed by atoms with van der Waals surface area (Å²) in [6.07, 6.45) is 0.0795. The van der Waals surface area contributed by atoms with Crippen molar-refractivity contribution >= 4 is 17.7 Å². The molecule has 150 valence electrons. The summed E-state index contributed by atoms with van der Waals surface area (Å²) >= 11 is 0. The lowest BCUT2D eigenvalue weighted by Gasteiger charge is -2.18. The zero-order chi connectivity index (χ0) is 20.4. The summed E-state index contributed by atoms with van der Waals surface area (Å²) in [6, 6.07) is 5.63. The van der Waals surface area contributed by atoms with E-state index in [1.165, 1.54) is 0 Å². The van der Waals surface area contributed by atoms with Crippen molar-refractivity contribution in [1.82, 2.24) is 10.7 Å². The first kappa shape index (κ1) is 22.3. The minimum Gasteiger partial charge on any atom is -0.493 e. The third kappa shape index (κ3) is 8.94. The molecule has 0 heterocycles. The Morgan fingerprint density at radius 2 is 1.78 bits per heavy atom. The molecule has 2 amide bonds. The van der Waals surface area contributed by atoms with E-state index in [4.69, 9.17) is 14.2 Å². The molecular formula is C19H29N3O5. The fraction of sp³-hybridized carbons (Fsp3) is 0.526. The summed E-state index contributed by atoms with van der Waals surface area (Å²) < 4.78 is 15.5. The summed E-state index contributed by atoms with van der Waals surface area (Å²) in [6.45, 7) is 7.41. The number of methoxy groups -OCH3 is 2. The number of benzene rings is 1. The van der Waals surface area contributed by atoms with Crippen LogP contribution >= 0.6 is 0 Å². The van der Waals surface area contributed by atoms with Gasteiger partial charge < -0.3 is 19.5 Å². The molecule has 0 aliphatic carbocycles. The fourth-order valence-corrected chi connectivity index (χ4v) is 2.16. The molecule has 0 saturated carbocycles. The molecule has 0 saturated heterocycles. The molecule has 0 aromatic heterocycles. The Bertz CT molecular complexity index is 680. The number of nitrogens with zero attached hydrogens (tertiary/aromatic N) is 1. The first-order chi connectivity index (χ1) is 12.6. The van der Waals surface area contributed by atoms with Crippen molar-refractivity contribution in [3.05, 3.63) is 23.8 Å². The summed E-state index contributed by atoms with van der Waals surface area (Å²) in [5.74, 6) is 1.13. The standard InChI is InChI=1S/C19H29N3O5/c1-13(21-22-18(24)27-19(2,3)4)11-17(23)20-10-9-14-7-8-15(25-5)16(12-14)26-6/h7-8,12H,9-11H2,1-6H3,(H,20,23)(H,22,24)/b21-13+. The highest BCUT2D eigenvalue weighted by molar-refractivity contribution is 6.00. The quantitative estimate of drug-likeness (QED) is 0.534. The maximum absolute atomic E-state index is 12.0. The van der Waals surface area contributed by atoms with Gasteiger partial charge >= 0.3 is 6.09 Å². The smallest absolute Gasteiger partial charge is 0.428 e. The van der Waals surface area contributed by atoms with Crippen LogP contribution in [0, 0.1) is 0 Å². The Balaban J connectivity index is 2.40. The second-order valence-electron chi connectivity index (χ2n) is 6.93. The van der Waals surface area contributed by atoms with Gasteiger partial charge in [-0.1, -0.05) is 6.07 Å². The van der Waals surface area contributed by atoms with Crippen molar-refractivity contribution < 1.29 is 23.8 Å². The summed E-state index contributed by atoms with van der Waals surface area (Å²) in [7, 11) is 3.16. The van der Waals surface area contributed by atoms with Gasteiger partial charge in [-0.15, -0.1) is 0 Å². The van der Waals surface area contributed by atoms with Gasteiger partial charge in [-0.2, -0.15) is 5.10 Å². The van der Waals surface area contributed by atoms with E-state index < -0.39 is 11.7 Å². The highest BCUT2D eigenvalue weighted by atomic mass is 16.6. The van der Waals surface area contributed by atoms with E-state index in [1.54, 1.807) is 41.9 Å². The van der Waals surface area contributed by atoms with Crippen LogP contribution in [-0.4, -0.2) is 44.1 Å². The summed E-state index contributed by atoms with van der Waals surface area (Å²) in [5, 5.41) is 6.68. The number of carbonyl (C=O) groups excluding carboxylic acids is 2. The third-order valence-corrected chi connectivity index (χ3v) is 3.34. The Morgan fingerprint density at radius 1 is 1.11 bits per heavy atom. The number of nitrogens with one attached hydrogen (secondary N) is 2. The highest BCUT2D eigenvalue weighted by Crippen LogP contribution is 2.27. The van der Waals surface area contributed by atoms with Crippen molar-refractivity contribution in [3.8, 4) is 11.5 Å². The van der Waals surface area contributed by atoms with Crippen LogP contribution in [0.2, 0.25) is 0 Å². The van der Waals surface area contributed by atoms with Gasteiger partial charge in [0.1, 0.15) is 5.60 Å². The van der Waals surface area contributed by atoms with Crippen molar-refractivity contribution in [2.75, 3.05) is 20.8 Å². The van der Waals surface area contributed by atoms with Crippen molar-refractivity contribution in [2.24, 2.45) is 5.10 Å². The van der Waals surface area contributed by atoms with E-state index in [-0.39, 0.29) is 12.3 Å². The zero-order valence-electron chi connectivity index (χ0n) is 16.8. The number of carbonyl (C=O) groups is 2. The maximum atomic E-state index is 12.0. The third-order valence-electron chi connectivity index (χ3n) is 3.34. The van der Waals surface area contributed by atoms with E-state index in [0.717, 1.165) is 5.56 Å². The van der Waals surface area contributed by atoms with Gasteiger partial charge in [0.05, 0.1) is 20.6 Å². The largest absolute Gasteiger partial charge is 0.493 e. The molecule has 1 aromatic carbocycles. The normalized spacial score (nSPS) is 11.6. The van der Waals surface area contributed by atoms with Crippen LogP contribution in [0.4, 0.5) is 4.79 Å². The highest BCUT2D eigenvalue weighted by Gasteiger charge is 2.15. The number of amides is 2. The number of hydrogen-bond acceptors (Lipinski definition) is 6. The van der Waals surface area contributed by atoms with E-state index in [9.17, 15) is 9.59 Å². The SMILES string of the molecule is COc1ccc(CCNC(=O)C/C(C)=N/NC(=O)OC(C)(C)C)cc1OC. The monoisotopic (exact) mass is 379 g/mol. The van der Waals surface area contributed by atoms with Crippen LogP contribution in [-0.2, 0) is 16.0 Å². The maximum Gasteiger partial charge on any atom is 0.428 e. The molecule has 0 unspecified atom stereocenters. The molecular weight excluding hydrogens is 350 g/mol. The van der Waals surface area contributed by atoms with E-state index in [0.29, 0.717) is 30.2 Å². The van der Waals surface area contributed by atoms with Gasteiger partial charge in [0, 0.05) is 12.3 Å². The summed E-state index contributed by atoms with van der Waals surface area (Å²) in [4.78, 5) is 23.5. The van der Waals surface area contributed by atoms with Gasteiger partial charge in [0.15, 0.2) is 11.5 Å². The lowest BCUT2D eigenvalue weighted by Crippen LogP contribution is -2.31. The fourth-order valence-electron chi connectivity index (χ4n) is 2.16. The molecule has 2 N–H and O–H groups in total. The van der Waals surface area contributed by atoms with Crippen LogP contribution in [0.15, 0.2) is 23.3 Å². The van der Waals surface area contributed by atoms with Crippen LogP contribution < -0.4 is 20.2 Å². The minimum atomic E-state index is -0.657.